The molecule has 1 aromatic carbocycles. The molecule has 0 bridgehead atoms. The number of hydrogen-bond donors (Lipinski definition) is 1. The van der Waals surface area contributed by atoms with Crippen molar-refractivity contribution in [3.8, 4) is 11.4 Å². The number of aliphatic hydroxyl groups is 1. The van der Waals surface area contributed by atoms with Gasteiger partial charge in [-0.25, -0.2) is 4.98 Å². The second-order valence-corrected chi connectivity index (χ2v) is 5.68. The van der Waals surface area contributed by atoms with Crippen molar-refractivity contribution in [2.24, 2.45) is 0 Å². The summed E-state index contributed by atoms with van der Waals surface area (Å²) in [5, 5.41) is 10.6. The van der Waals surface area contributed by atoms with Crippen molar-refractivity contribution < 1.29 is 14.6 Å². The molecule has 1 aliphatic rings. The maximum Gasteiger partial charge on any atom is 0.293 e. The van der Waals surface area contributed by atoms with Crippen LogP contribution in [0.4, 0.5) is 0 Å². The first-order valence-electron chi connectivity index (χ1n) is 7.53. The van der Waals surface area contributed by atoms with Crippen LogP contribution in [-0.2, 0) is 29.3 Å². The standard InChI is InChI=1S/C18H14N2O4/c21-8-13-6-16-17-12(5-11-3-1-2-4-15(11)19-17)7-20(16)18(23)14(13)9-24-10-22/h1-6,10,21H,7-9H2. The molecule has 2 aromatic heterocycles. The van der Waals surface area contributed by atoms with Crippen LogP contribution in [0.15, 0.2) is 41.2 Å². The summed E-state index contributed by atoms with van der Waals surface area (Å²) in [7, 11) is 0. The number of rotatable bonds is 4. The molecule has 0 saturated carbocycles. The highest BCUT2D eigenvalue weighted by Gasteiger charge is 2.25. The molecule has 120 valence electrons. The number of para-hydroxylation sites is 1. The first-order valence-corrected chi connectivity index (χ1v) is 7.53. The number of fused-ring (bicyclic) bond motifs is 4. The molecule has 1 aliphatic heterocycles. The molecule has 0 radical (unpaired) electrons. The van der Waals surface area contributed by atoms with Gasteiger partial charge in [0.05, 0.1) is 35.6 Å². The number of nitrogens with zero attached hydrogens (tertiary/aromatic N) is 2. The lowest BCUT2D eigenvalue weighted by Crippen LogP contribution is -2.25. The van der Waals surface area contributed by atoms with Crippen LogP contribution in [0.5, 0.6) is 0 Å². The fraction of sp³-hybridized carbons (Fsp3) is 0.167. The molecular weight excluding hydrogens is 308 g/mol. The van der Waals surface area contributed by atoms with Crippen molar-refractivity contribution in [3.63, 3.8) is 0 Å². The molecule has 3 heterocycles. The number of ether oxygens (including phenoxy) is 1. The summed E-state index contributed by atoms with van der Waals surface area (Å²) in [4.78, 5) is 27.8. The predicted molar refractivity (Wildman–Crippen MR) is 87.3 cm³/mol. The molecule has 4 rings (SSSR count). The summed E-state index contributed by atoms with van der Waals surface area (Å²) >= 11 is 0. The summed E-state index contributed by atoms with van der Waals surface area (Å²) in [6.45, 7) is 0.260. The van der Waals surface area contributed by atoms with Crippen LogP contribution in [-0.4, -0.2) is 21.1 Å². The van der Waals surface area contributed by atoms with Crippen molar-refractivity contribution in [2.75, 3.05) is 0 Å². The highest BCUT2D eigenvalue weighted by atomic mass is 16.5. The molecule has 1 N–H and O–H groups in total. The van der Waals surface area contributed by atoms with Crippen LogP contribution in [0.1, 0.15) is 16.7 Å². The largest absolute Gasteiger partial charge is 0.463 e. The highest BCUT2D eigenvalue weighted by Crippen LogP contribution is 2.32. The zero-order valence-corrected chi connectivity index (χ0v) is 12.7. The molecule has 0 unspecified atom stereocenters. The van der Waals surface area contributed by atoms with Crippen LogP contribution in [0.3, 0.4) is 0 Å². The topological polar surface area (TPSA) is 81.4 Å². The fourth-order valence-corrected chi connectivity index (χ4v) is 3.18. The van der Waals surface area contributed by atoms with E-state index in [-0.39, 0.29) is 18.8 Å². The van der Waals surface area contributed by atoms with Crippen LogP contribution < -0.4 is 5.56 Å². The lowest BCUT2D eigenvalue weighted by molar-refractivity contribution is -0.129. The van der Waals surface area contributed by atoms with E-state index < -0.39 is 0 Å². The lowest BCUT2D eigenvalue weighted by atomic mass is 10.1. The predicted octanol–water partition coefficient (Wildman–Crippen LogP) is 1.59. The van der Waals surface area contributed by atoms with Gasteiger partial charge in [0.1, 0.15) is 6.61 Å². The summed E-state index contributed by atoms with van der Waals surface area (Å²) < 4.78 is 6.33. The summed E-state index contributed by atoms with van der Waals surface area (Å²) in [6, 6.07) is 11.6. The quantitative estimate of drug-likeness (QED) is 0.577. The Labute approximate surface area is 137 Å². The molecule has 3 aromatic rings. The van der Waals surface area contributed by atoms with Gasteiger partial charge >= 0.3 is 0 Å². The van der Waals surface area contributed by atoms with Gasteiger partial charge in [0.15, 0.2) is 0 Å². The summed E-state index contributed by atoms with van der Waals surface area (Å²) in [5.41, 5.74) is 3.74. The maximum absolute atomic E-state index is 12.7. The summed E-state index contributed by atoms with van der Waals surface area (Å²) in [5.74, 6) is 0. The summed E-state index contributed by atoms with van der Waals surface area (Å²) in [6.07, 6.45) is 0. The molecule has 0 amide bonds. The minimum atomic E-state index is -0.302. The Kier molecular flexibility index (Phi) is 3.39. The van der Waals surface area contributed by atoms with Crippen molar-refractivity contribution in [1.82, 2.24) is 9.55 Å². The minimum absolute atomic E-state index is 0.149. The smallest absolute Gasteiger partial charge is 0.293 e. The zero-order chi connectivity index (χ0) is 16.7. The molecular formula is C18H14N2O4. The zero-order valence-electron chi connectivity index (χ0n) is 12.7. The van der Waals surface area contributed by atoms with Gasteiger partial charge in [-0.2, -0.15) is 0 Å². The normalized spacial score (nSPS) is 12.0. The van der Waals surface area contributed by atoms with Gasteiger partial charge in [-0.05, 0) is 23.8 Å². The first-order chi connectivity index (χ1) is 11.7. The number of carbonyl (C=O) groups excluding carboxylic acids is 1. The monoisotopic (exact) mass is 322 g/mol. The SMILES string of the molecule is O=COCc1c(CO)cc2n(c1=O)Cc1cc3ccccc3nc1-2. The Hall–Kier alpha value is -2.99. The van der Waals surface area contributed by atoms with E-state index >= 15 is 0 Å². The average Bonchev–Trinajstić information content (AvgIpc) is 2.96. The van der Waals surface area contributed by atoms with E-state index in [9.17, 15) is 14.7 Å². The number of aliphatic hydroxyl groups excluding tert-OH is 1. The number of hydrogen-bond acceptors (Lipinski definition) is 5. The fourth-order valence-electron chi connectivity index (χ4n) is 3.18. The third-order valence-corrected chi connectivity index (χ3v) is 4.33. The Bertz CT molecular complexity index is 1020. The lowest BCUT2D eigenvalue weighted by Gasteiger charge is -2.11. The van der Waals surface area contributed by atoms with E-state index in [1.807, 2.05) is 30.3 Å². The van der Waals surface area contributed by atoms with Crippen LogP contribution in [0.2, 0.25) is 0 Å². The van der Waals surface area contributed by atoms with Gasteiger partial charge in [0, 0.05) is 10.9 Å². The first kappa shape index (κ1) is 14.6. The molecule has 0 fully saturated rings. The molecule has 0 spiro atoms. The number of pyridine rings is 2. The van der Waals surface area contributed by atoms with E-state index in [0.29, 0.717) is 29.8 Å². The van der Waals surface area contributed by atoms with Crippen LogP contribution in [0, 0.1) is 0 Å². The van der Waals surface area contributed by atoms with E-state index in [1.165, 1.54) is 0 Å². The second-order valence-electron chi connectivity index (χ2n) is 5.68. The molecule has 0 aliphatic carbocycles. The van der Waals surface area contributed by atoms with Gasteiger partial charge < -0.3 is 14.4 Å². The van der Waals surface area contributed by atoms with Gasteiger partial charge in [-0.1, -0.05) is 18.2 Å². The van der Waals surface area contributed by atoms with Crippen molar-refractivity contribution in [2.45, 2.75) is 19.8 Å². The Morgan fingerprint density at radius 3 is 2.92 bits per heavy atom. The molecule has 0 saturated heterocycles. The highest BCUT2D eigenvalue weighted by molar-refractivity contribution is 5.83. The van der Waals surface area contributed by atoms with Gasteiger partial charge in [0.2, 0.25) is 0 Å². The number of benzene rings is 1. The average molecular weight is 322 g/mol. The molecule has 6 nitrogen and oxygen atoms in total. The van der Waals surface area contributed by atoms with Crippen molar-refractivity contribution in [3.05, 3.63) is 63.4 Å². The van der Waals surface area contributed by atoms with E-state index in [1.54, 1.807) is 10.6 Å². The maximum atomic E-state index is 12.7. The third-order valence-electron chi connectivity index (χ3n) is 4.33. The van der Waals surface area contributed by atoms with Crippen molar-refractivity contribution in [1.29, 1.82) is 0 Å². The van der Waals surface area contributed by atoms with Gasteiger partial charge in [-0.3, -0.25) is 9.59 Å². The van der Waals surface area contributed by atoms with Gasteiger partial charge in [-0.15, -0.1) is 0 Å². The van der Waals surface area contributed by atoms with E-state index in [4.69, 9.17) is 4.74 Å². The number of aromatic nitrogens is 2. The minimum Gasteiger partial charge on any atom is -0.463 e. The van der Waals surface area contributed by atoms with Crippen LogP contribution in [0.25, 0.3) is 22.3 Å². The third kappa shape index (κ3) is 2.11. The van der Waals surface area contributed by atoms with E-state index in [2.05, 4.69) is 4.98 Å². The molecule has 24 heavy (non-hydrogen) atoms. The molecule has 0 atom stereocenters. The molecule has 6 heteroatoms. The Morgan fingerprint density at radius 2 is 2.12 bits per heavy atom. The van der Waals surface area contributed by atoms with Crippen molar-refractivity contribution >= 4 is 17.4 Å². The number of carbonyl (C=O) groups is 1. The Balaban J connectivity index is 1.93. The second kappa shape index (κ2) is 5.58. The van der Waals surface area contributed by atoms with Gasteiger partial charge in [0.25, 0.3) is 12.0 Å². The Morgan fingerprint density at radius 1 is 1.29 bits per heavy atom. The van der Waals surface area contributed by atoms with Crippen LogP contribution >= 0.6 is 0 Å². The van der Waals surface area contributed by atoms with E-state index in [0.717, 1.165) is 22.2 Å².